The Morgan fingerprint density at radius 1 is 1.05 bits per heavy atom. The van der Waals surface area contributed by atoms with Crippen LogP contribution < -0.4 is 4.90 Å². The van der Waals surface area contributed by atoms with Crippen molar-refractivity contribution in [2.75, 3.05) is 18.0 Å². The molecule has 0 saturated carbocycles. The van der Waals surface area contributed by atoms with E-state index in [9.17, 15) is 0 Å². The summed E-state index contributed by atoms with van der Waals surface area (Å²) in [5, 5.41) is 1.85. The third-order valence-corrected chi connectivity index (χ3v) is 4.06. The first-order valence-corrected chi connectivity index (χ1v) is 7.84. The van der Waals surface area contributed by atoms with Gasteiger partial charge in [0.1, 0.15) is 0 Å². The Morgan fingerprint density at radius 3 is 2.64 bits per heavy atom. The lowest BCUT2D eigenvalue weighted by atomic mass is 10.1. The van der Waals surface area contributed by atoms with Gasteiger partial charge in [0.25, 0.3) is 0 Å². The molecule has 2 aromatic heterocycles. The highest BCUT2D eigenvalue weighted by Crippen LogP contribution is 2.28. The molecule has 0 spiro atoms. The topological polar surface area (TPSA) is 29.0 Å². The van der Waals surface area contributed by atoms with Crippen molar-refractivity contribution in [3.63, 3.8) is 0 Å². The van der Waals surface area contributed by atoms with Crippen LogP contribution in [0, 0.1) is 0 Å². The van der Waals surface area contributed by atoms with Gasteiger partial charge in [0.05, 0.1) is 5.52 Å². The zero-order chi connectivity index (χ0) is 15.4. The highest BCUT2D eigenvalue weighted by Gasteiger charge is 2.10. The predicted molar refractivity (Wildman–Crippen MR) is 92.6 cm³/mol. The fourth-order valence-electron chi connectivity index (χ4n) is 2.64. The standard InChI is InChI=1S/C18H18ClN3/c1-2-22(12-8-14-5-9-20-10-6-14)18-7-11-21-17-4-3-15(19)13-16(17)18/h3-7,9-11,13H,2,8,12H2,1H3. The van der Waals surface area contributed by atoms with Crippen molar-refractivity contribution in [2.24, 2.45) is 0 Å². The van der Waals surface area contributed by atoms with Gasteiger partial charge in [-0.25, -0.2) is 0 Å². The number of hydrogen-bond acceptors (Lipinski definition) is 3. The number of aromatic nitrogens is 2. The molecule has 112 valence electrons. The number of hydrogen-bond donors (Lipinski definition) is 0. The van der Waals surface area contributed by atoms with Crippen LogP contribution >= 0.6 is 11.6 Å². The molecule has 3 rings (SSSR count). The van der Waals surface area contributed by atoms with Crippen molar-refractivity contribution in [2.45, 2.75) is 13.3 Å². The number of likely N-dealkylation sites (N-methyl/N-ethyl adjacent to an activating group) is 1. The Kier molecular flexibility index (Phi) is 4.54. The van der Waals surface area contributed by atoms with E-state index in [0.29, 0.717) is 0 Å². The van der Waals surface area contributed by atoms with E-state index in [2.05, 4.69) is 40.0 Å². The molecular weight excluding hydrogens is 294 g/mol. The summed E-state index contributed by atoms with van der Waals surface area (Å²) in [5.41, 5.74) is 3.46. The summed E-state index contributed by atoms with van der Waals surface area (Å²) in [6, 6.07) is 12.0. The Hall–Kier alpha value is -2.13. The molecular formula is C18H18ClN3. The molecule has 0 atom stereocenters. The van der Waals surface area contributed by atoms with Crippen molar-refractivity contribution in [1.82, 2.24) is 9.97 Å². The van der Waals surface area contributed by atoms with Crippen LogP contribution in [0.4, 0.5) is 5.69 Å². The first-order valence-electron chi connectivity index (χ1n) is 7.46. The molecule has 0 bridgehead atoms. The molecule has 0 aliphatic carbocycles. The lowest BCUT2D eigenvalue weighted by Crippen LogP contribution is -2.25. The van der Waals surface area contributed by atoms with E-state index in [-0.39, 0.29) is 0 Å². The summed E-state index contributed by atoms with van der Waals surface area (Å²) in [4.78, 5) is 10.9. The van der Waals surface area contributed by atoms with Gasteiger partial charge in [0.2, 0.25) is 0 Å². The van der Waals surface area contributed by atoms with Gasteiger partial charge in [0.15, 0.2) is 0 Å². The van der Waals surface area contributed by atoms with Gasteiger partial charge < -0.3 is 4.90 Å². The first kappa shape index (κ1) is 14.8. The molecule has 0 N–H and O–H groups in total. The first-order chi connectivity index (χ1) is 10.8. The zero-order valence-electron chi connectivity index (χ0n) is 12.5. The molecule has 0 aliphatic heterocycles. The monoisotopic (exact) mass is 311 g/mol. The third kappa shape index (κ3) is 3.20. The smallest absolute Gasteiger partial charge is 0.0723 e. The second-order valence-electron chi connectivity index (χ2n) is 5.18. The molecule has 0 amide bonds. The van der Waals surface area contributed by atoms with Crippen LogP contribution in [0.3, 0.4) is 0 Å². The van der Waals surface area contributed by atoms with Gasteiger partial charge >= 0.3 is 0 Å². The van der Waals surface area contributed by atoms with Crippen molar-refractivity contribution < 1.29 is 0 Å². The summed E-state index contributed by atoms with van der Waals surface area (Å²) >= 11 is 6.16. The summed E-state index contributed by atoms with van der Waals surface area (Å²) in [5.74, 6) is 0. The van der Waals surface area contributed by atoms with Crippen LogP contribution in [0.5, 0.6) is 0 Å². The molecule has 2 heterocycles. The summed E-state index contributed by atoms with van der Waals surface area (Å²) < 4.78 is 0. The minimum atomic E-state index is 0.743. The summed E-state index contributed by atoms with van der Waals surface area (Å²) in [6.45, 7) is 4.06. The lowest BCUT2D eigenvalue weighted by Gasteiger charge is -2.24. The lowest BCUT2D eigenvalue weighted by molar-refractivity contribution is 0.810. The molecule has 22 heavy (non-hydrogen) atoms. The van der Waals surface area contributed by atoms with E-state index in [1.165, 1.54) is 11.3 Å². The minimum Gasteiger partial charge on any atom is -0.371 e. The van der Waals surface area contributed by atoms with Crippen LogP contribution in [0.25, 0.3) is 10.9 Å². The maximum atomic E-state index is 6.16. The maximum absolute atomic E-state index is 6.16. The van der Waals surface area contributed by atoms with Crippen LogP contribution in [0.15, 0.2) is 55.0 Å². The number of fused-ring (bicyclic) bond motifs is 1. The second-order valence-corrected chi connectivity index (χ2v) is 5.61. The fraction of sp³-hybridized carbons (Fsp3) is 0.222. The number of nitrogens with zero attached hydrogens (tertiary/aromatic N) is 3. The Bertz CT molecular complexity index is 759. The van der Waals surface area contributed by atoms with E-state index >= 15 is 0 Å². The number of pyridine rings is 2. The van der Waals surface area contributed by atoms with E-state index in [0.717, 1.165) is 35.4 Å². The van der Waals surface area contributed by atoms with Gasteiger partial charge in [-0.05, 0) is 55.3 Å². The number of anilines is 1. The molecule has 1 aromatic carbocycles. The maximum Gasteiger partial charge on any atom is 0.0723 e. The third-order valence-electron chi connectivity index (χ3n) is 3.82. The summed E-state index contributed by atoms with van der Waals surface area (Å²) in [7, 11) is 0. The van der Waals surface area contributed by atoms with Crippen LogP contribution in [0.1, 0.15) is 12.5 Å². The van der Waals surface area contributed by atoms with E-state index in [1.807, 2.05) is 36.8 Å². The summed E-state index contributed by atoms with van der Waals surface area (Å²) in [6.07, 6.45) is 6.53. The quantitative estimate of drug-likeness (QED) is 0.701. The minimum absolute atomic E-state index is 0.743. The number of benzene rings is 1. The Labute approximate surface area is 135 Å². The van der Waals surface area contributed by atoms with Crippen molar-refractivity contribution in [3.8, 4) is 0 Å². The van der Waals surface area contributed by atoms with E-state index in [4.69, 9.17) is 11.6 Å². The average Bonchev–Trinajstić information content (AvgIpc) is 2.56. The fourth-order valence-corrected chi connectivity index (χ4v) is 2.81. The molecule has 4 heteroatoms. The van der Waals surface area contributed by atoms with Gasteiger partial charge in [-0.15, -0.1) is 0 Å². The molecule has 3 aromatic rings. The van der Waals surface area contributed by atoms with Crippen molar-refractivity contribution in [1.29, 1.82) is 0 Å². The Balaban J connectivity index is 1.88. The number of halogens is 1. The second kappa shape index (κ2) is 6.75. The van der Waals surface area contributed by atoms with Crippen molar-refractivity contribution in [3.05, 3.63) is 65.6 Å². The highest BCUT2D eigenvalue weighted by atomic mass is 35.5. The average molecular weight is 312 g/mol. The molecule has 0 radical (unpaired) electrons. The van der Waals surface area contributed by atoms with Gasteiger partial charge in [-0.2, -0.15) is 0 Å². The molecule has 0 unspecified atom stereocenters. The van der Waals surface area contributed by atoms with Gasteiger partial charge in [0, 0.05) is 47.8 Å². The highest BCUT2D eigenvalue weighted by molar-refractivity contribution is 6.31. The van der Waals surface area contributed by atoms with E-state index in [1.54, 1.807) is 0 Å². The van der Waals surface area contributed by atoms with Crippen LogP contribution in [0.2, 0.25) is 5.02 Å². The predicted octanol–water partition coefficient (Wildman–Crippen LogP) is 4.35. The van der Waals surface area contributed by atoms with E-state index < -0.39 is 0 Å². The van der Waals surface area contributed by atoms with Crippen LogP contribution in [-0.4, -0.2) is 23.1 Å². The van der Waals surface area contributed by atoms with Crippen LogP contribution in [-0.2, 0) is 6.42 Å². The molecule has 0 aliphatic rings. The van der Waals surface area contributed by atoms with Gasteiger partial charge in [-0.1, -0.05) is 11.6 Å². The molecule has 0 saturated heterocycles. The Morgan fingerprint density at radius 2 is 1.86 bits per heavy atom. The van der Waals surface area contributed by atoms with Gasteiger partial charge in [-0.3, -0.25) is 9.97 Å². The largest absolute Gasteiger partial charge is 0.371 e. The number of rotatable bonds is 5. The van der Waals surface area contributed by atoms with Crippen molar-refractivity contribution >= 4 is 28.2 Å². The SMILES string of the molecule is CCN(CCc1ccncc1)c1ccnc2ccc(Cl)cc12. The molecule has 0 fully saturated rings. The normalized spacial score (nSPS) is 10.8. The molecule has 3 nitrogen and oxygen atoms in total. The zero-order valence-corrected chi connectivity index (χ0v) is 13.3.